The van der Waals surface area contributed by atoms with Gasteiger partial charge in [-0.2, -0.15) is 4.31 Å². The fourth-order valence-corrected chi connectivity index (χ4v) is 5.28. The average Bonchev–Trinajstić information content (AvgIpc) is 2.53. The molecule has 0 saturated carbocycles. The van der Waals surface area contributed by atoms with Gasteiger partial charge in [-0.05, 0) is 49.9 Å². The molecular formula is C18H29N3O3S. The number of carbonyl (C=O) groups is 1. The summed E-state index contributed by atoms with van der Waals surface area (Å²) < 4.78 is 28.0. The second-order valence-electron chi connectivity index (χ2n) is 6.82. The predicted octanol–water partition coefficient (Wildman–Crippen LogP) is 1.36. The summed E-state index contributed by atoms with van der Waals surface area (Å²) in [5.74, 6) is -0.0398. The Morgan fingerprint density at radius 2 is 1.56 bits per heavy atom. The largest absolute Gasteiger partial charge is 0.355 e. The predicted molar refractivity (Wildman–Crippen MR) is 99.3 cm³/mol. The molecule has 2 rings (SSSR count). The van der Waals surface area contributed by atoms with Crippen LogP contribution in [0, 0.1) is 27.7 Å². The van der Waals surface area contributed by atoms with Gasteiger partial charge in [-0.15, -0.1) is 0 Å². The third-order valence-electron chi connectivity index (χ3n) is 5.03. The lowest BCUT2D eigenvalue weighted by Crippen LogP contribution is -2.50. The molecule has 140 valence electrons. The van der Waals surface area contributed by atoms with Gasteiger partial charge >= 0.3 is 0 Å². The number of nitrogens with one attached hydrogen (secondary N) is 1. The average molecular weight is 368 g/mol. The van der Waals surface area contributed by atoms with Crippen LogP contribution >= 0.6 is 0 Å². The first-order chi connectivity index (χ1) is 11.6. The Hall–Kier alpha value is -1.44. The highest BCUT2D eigenvalue weighted by atomic mass is 32.2. The minimum atomic E-state index is -3.49. The van der Waals surface area contributed by atoms with Gasteiger partial charge in [0.25, 0.3) is 0 Å². The quantitative estimate of drug-likeness (QED) is 0.853. The van der Waals surface area contributed by atoms with Crippen molar-refractivity contribution in [1.29, 1.82) is 0 Å². The smallest absolute Gasteiger partial charge is 0.243 e. The second kappa shape index (κ2) is 7.85. The zero-order valence-electron chi connectivity index (χ0n) is 15.8. The molecule has 7 heteroatoms. The normalized spacial score (nSPS) is 16.8. The molecular weight excluding hydrogens is 338 g/mol. The highest BCUT2D eigenvalue weighted by molar-refractivity contribution is 7.89. The lowest BCUT2D eigenvalue weighted by atomic mass is 10.0. The third-order valence-corrected chi connectivity index (χ3v) is 7.20. The molecule has 0 spiro atoms. The van der Waals surface area contributed by atoms with Crippen LogP contribution in [0.15, 0.2) is 11.0 Å². The zero-order chi connectivity index (χ0) is 18.8. The van der Waals surface area contributed by atoms with Gasteiger partial charge in [0.15, 0.2) is 0 Å². The van der Waals surface area contributed by atoms with Crippen molar-refractivity contribution in [3.05, 3.63) is 28.3 Å². The van der Waals surface area contributed by atoms with Crippen LogP contribution in [0.25, 0.3) is 0 Å². The number of amides is 1. The SMILES string of the molecule is CC(=O)NCCN1CCN(S(=O)(=O)c2c(C)c(C)cc(C)c2C)CC1. The first-order valence-electron chi connectivity index (χ1n) is 8.69. The Bertz CT molecular complexity index is 725. The monoisotopic (exact) mass is 367 g/mol. The molecule has 1 fully saturated rings. The van der Waals surface area contributed by atoms with E-state index in [0.717, 1.165) is 28.8 Å². The standard InChI is InChI=1S/C18H29N3O3S/c1-13-12-14(2)16(4)18(15(13)3)25(23,24)21-10-8-20(9-11-21)7-6-19-17(5)22/h12H,6-11H2,1-5H3,(H,19,22). The van der Waals surface area contributed by atoms with Crippen LogP contribution in [-0.4, -0.2) is 62.8 Å². The van der Waals surface area contributed by atoms with Crippen molar-refractivity contribution in [2.75, 3.05) is 39.3 Å². The van der Waals surface area contributed by atoms with Gasteiger partial charge in [0.2, 0.25) is 15.9 Å². The maximum absolute atomic E-state index is 13.2. The summed E-state index contributed by atoms with van der Waals surface area (Å²) >= 11 is 0. The molecule has 25 heavy (non-hydrogen) atoms. The van der Waals surface area contributed by atoms with Gasteiger partial charge in [0.05, 0.1) is 4.90 Å². The molecule has 1 amide bonds. The van der Waals surface area contributed by atoms with E-state index in [0.29, 0.717) is 37.6 Å². The maximum Gasteiger partial charge on any atom is 0.243 e. The van der Waals surface area contributed by atoms with Gasteiger partial charge in [0.1, 0.15) is 0 Å². The molecule has 0 radical (unpaired) electrons. The molecule has 0 bridgehead atoms. The number of aryl methyl sites for hydroxylation is 2. The molecule has 1 heterocycles. The minimum absolute atomic E-state index is 0.0398. The molecule has 0 unspecified atom stereocenters. The molecule has 6 nitrogen and oxygen atoms in total. The van der Waals surface area contributed by atoms with Crippen LogP contribution in [0.5, 0.6) is 0 Å². The molecule has 0 aliphatic carbocycles. The van der Waals surface area contributed by atoms with Gasteiger partial charge < -0.3 is 5.32 Å². The Labute approximate surface area is 151 Å². The zero-order valence-corrected chi connectivity index (χ0v) is 16.7. The minimum Gasteiger partial charge on any atom is -0.355 e. The van der Waals surface area contributed by atoms with E-state index in [1.54, 1.807) is 4.31 Å². The second-order valence-corrected chi connectivity index (χ2v) is 8.69. The molecule has 1 saturated heterocycles. The summed E-state index contributed by atoms with van der Waals surface area (Å²) in [7, 11) is -3.49. The Morgan fingerprint density at radius 3 is 2.04 bits per heavy atom. The number of rotatable bonds is 5. The van der Waals surface area contributed by atoms with E-state index < -0.39 is 10.0 Å². The maximum atomic E-state index is 13.2. The Kier molecular flexibility index (Phi) is 6.24. The molecule has 0 aromatic heterocycles. The number of hydrogen-bond acceptors (Lipinski definition) is 4. The van der Waals surface area contributed by atoms with E-state index in [1.165, 1.54) is 6.92 Å². The number of benzene rings is 1. The number of sulfonamides is 1. The number of piperazine rings is 1. The van der Waals surface area contributed by atoms with Crippen molar-refractivity contribution in [2.45, 2.75) is 39.5 Å². The molecule has 0 atom stereocenters. The number of nitrogens with zero attached hydrogens (tertiary/aromatic N) is 2. The topological polar surface area (TPSA) is 69.7 Å². The first-order valence-corrected chi connectivity index (χ1v) is 10.1. The van der Waals surface area contributed by atoms with Crippen LogP contribution in [0.4, 0.5) is 0 Å². The third kappa shape index (κ3) is 4.40. The summed E-state index contributed by atoms with van der Waals surface area (Å²) in [4.78, 5) is 13.6. The van der Waals surface area contributed by atoms with E-state index in [1.807, 2.05) is 33.8 Å². The van der Waals surface area contributed by atoms with Crippen LogP contribution < -0.4 is 5.32 Å². The summed E-state index contributed by atoms with van der Waals surface area (Å²) in [5.41, 5.74) is 3.71. The molecule has 1 N–H and O–H groups in total. The number of hydrogen-bond donors (Lipinski definition) is 1. The summed E-state index contributed by atoms with van der Waals surface area (Å²) in [6, 6.07) is 2.05. The van der Waals surface area contributed by atoms with E-state index in [2.05, 4.69) is 10.2 Å². The van der Waals surface area contributed by atoms with Crippen molar-refractivity contribution in [1.82, 2.24) is 14.5 Å². The van der Waals surface area contributed by atoms with E-state index in [-0.39, 0.29) is 5.91 Å². The fourth-order valence-electron chi connectivity index (χ4n) is 3.28. The highest BCUT2D eigenvalue weighted by Crippen LogP contribution is 2.29. The summed E-state index contributed by atoms with van der Waals surface area (Å²) in [5, 5.41) is 2.78. The van der Waals surface area contributed by atoms with Crippen LogP contribution in [0.3, 0.4) is 0 Å². The fraction of sp³-hybridized carbons (Fsp3) is 0.611. The number of carbonyl (C=O) groups excluding carboxylic acids is 1. The van der Waals surface area contributed by atoms with Gasteiger partial charge in [-0.3, -0.25) is 9.69 Å². The van der Waals surface area contributed by atoms with E-state index in [4.69, 9.17) is 0 Å². The van der Waals surface area contributed by atoms with Crippen molar-refractivity contribution in [3.63, 3.8) is 0 Å². The summed E-state index contributed by atoms with van der Waals surface area (Å²) in [6.45, 7) is 12.9. The Balaban J connectivity index is 2.12. The molecule has 1 aromatic carbocycles. The molecule has 1 aliphatic heterocycles. The highest BCUT2D eigenvalue weighted by Gasteiger charge is 2.31. The van der Waals surface area contributed by atoms with Crippen molar-refractivity contribution < 1.29 is 13.2 Å². The van der Waals surface area contributed by atoms with Crippen molar-refractivity contribution >= 4 is 15.9 Å². The van der Waals surface area contributed by atoms with Crippen LogP contribution in [0.2, 0.25) is 0 Å². The van der Waals surface area contributed by atoms with Crippen LogP contribution in [0.1, 0.15) is 29.2 Å². The molecule has 1 aromatic rings. The van der Waals surface area contributed by atoms with E-state index >= 15 is 0 Å². The lowest BCUT2D eigenvalue weighted by molar-refractivity contribution is -0.119. The molecule has 1 aliphatic rings. The van der Waals surface area contributed by atoms with Crippen molar-refractivity contribution in [3.8, 4) is 0 Å². The van der Waals surface area contributed by atoms with Gasteiger partial charge in [-0.25, -0.2) is 8.42 Å². The van der Waals surface area contributed by atoms with Crippen LogP contribution in [-0.2, 0) is 14.8 Å². The van der Waals surface area contributed by atoms with Gasteiger partial charge in [0, 0.05) is 46.2 Å². The Morgan fingerprint density at radius 1 is 1.04 bits per heavy atom. The first kappa shape index (κ1) is 19.9. The lowest BCUT2D eigenvalue weighted by Gasteiger charge is -2.34. The summed E-state index contributed by atoms with van der Waals surface area (Å²) in [6.07, 6.45) is 0. The van der Waals surface area contributed by atoms with Gasteiger partial charge in [-0.1, -0.05) is 6.07 Å². The van der Waals surface area contributed by atoms with E-state index in [9.17, 15) is 13.2 Å². The van der Waals surface area contributed by atoms with Crippen molar-refractivity contribution in [2.24, 2.45) is 0 Å².